The molecule has 0 fully saturated rings. The van der Waals surface area contributed by atoms with Crippen molar-refractivity contribution in [2.75, 3.05) is 17.3 Å². The van der Waals surface area contributed by atoms with Crippen molar-refractivity contribution in [3.05, 3.63) is 16.1 Å². The van der Waals surface area contributed by atoms with Gasteiger partial charge < -0.3 is 10.1 Å². The molecule has 2 rings (SSSR count). The molecule has 8 nitrogen and oxygen atoms in total. The molecule has 102 valence electrons. The number of nitrogen functional groups attached to an aromatic ring is 1. The summed E-state index contributed by atoms with van der Waals surface area (Å²) >= 11 is 1.58. The third-order valence-electron chi connectivity index (χ3n) is 2.08. The largest absolute Gasteiger partial charge is 0.464 e. The minimum atomic E-state index is 0.225. The van der Waals surface area contributed by atoms with Crippen LogP contribution in [-0.4, -0.2) is 26.5 Å². The van der Waals surface area contributed by atoms with Gasteiger partial charge in [-0.05, 0) is 13.8 Å². The number of hydrogen-bond acceptors (Lipinski definition) is 9. The number of nitrogens with one attached hydrogen (secondary N) is 2. The van der Waals surface area contributed by atoms with Crippen LogP contribution in [0.3, 0.4) is 0 Å². The van der Waals surface area contributed by atoms with Gasteiger partial charge in [-0.15, -0.1) is 11.3 Å². The third kappa shape index (κ3) is 3.73. The van der Waals surface area contributed by atoms with Crippen molar-refractivity contribution in [3.63, 3.8) is 0 Å². The van der Waals surface area contributed by atoms with Crippen LogP contribution in [-0.2, 0) is 6.54 Å². The Balaban J connectivity index is 2.08. The Morgan fingerprint density at radius 1 is 1.26 bits per heavy atom. The molecule has 19 heavy (non-hydrogen) atoms. The Hall–Kier alpha value is -2.00. The van der Waals surface area contributed by atoms with Crippen LogP contribution in [0.1, 0.15) is 17.6 Å². The first kappa shape index (κ1) is 13.4. The van der Waals surface area contributed by atoms with Gasteiger partial charge in [-0.1, -0.05) is 0 Å². The SMILES string of the molecule is CCOc1nc(NN)nc(NCc2nc(C)cs2)n1. The number of thiazole rings is 1. The van der Waals surface area contributed by atoms with Crippen LogP contribution in [0.15, 0.2) is 5.38 Å². The first-order chi connectivity index (χ1) is 9.21. The number of nitrogens with zero attached hydrogens (tertiary/aromatic N) is 4. The molecule has 0 aliphatic carbocycles. The molecule has 0 bridgehead atoms. The van der Waals surface area contributed by atoms with E-state index >= 15 is 0 Å². The number of hydrazine groups is 1. The normalized spacial score (nSPS) is 10.3. The van der Waals surface area contributed by atoms with Crippen molar-refractivity contribution in [1.29, 1.82) is 0 Å². The monoisotopic (exact) mass is 281 g/mol. The Kier molecular flexibility index (Phi) is 4.42. The first-order valence-electron chi connectivity index (χ1n) is 5.71. The first-order valence-corrected chi connectivity index (χ1v) is 6.59. The van der Waals surface area contributed by atoms with Crippen molar-refractivity contribution >= 4 is 23.2 Å². The molecule has 2 heterocycles. The predicted molar refractivity (Wildman–Crippen MR) is 73.0 cm³/mol. The number of aromatic nitrogens is 4. The maximum atomic E-state index is 5.30. The van der Waals surface area contributed by atoms with Gasteiger partial charge in [0.15, 0.2) is 0 Å². The van der Waals surface area contributed by atoms with Gasteiger partial charge in [0.25, 0.3) is 0 Å². The van der Waals surface area contributed by atoms with Gasteiger partial charge in [-0.25, -0.2) is 10.8 Å². The van der Waals surface area contributed by atoms with Gasteiger partial charge >= 0.3 is 6.01 Å². The second kappa shape index (κ2) is 6.25. The molecule has 0 aromatic carbocycles. The summed E-state index contributed by atoms with van der Waals surface area (Å²) < 4.78 is 5.23. The maximum absolute atomic E-state index is 5.30. The Morgan fingerprint density at radius 2 is 2.05 bits per heavy atom. The number of rotatable bonds is 6. The van der Waals surface area contributed by atoms with Crippen LogP contribution in [0.2, 0.25) is 0 Å². The lowest BCUT2D eigenvalue weighted by molar-refractivity contribution is 0.312. The van der Waals surface area contributed by atoms with E-state index in [1.54, 1.807) is 11.3 Å². The van der Waals surface area contributed by atoms with Crippen LogP contribution in [0.4, 0.5) is 11.9 Å². The second-order valence-corrected chi connectivity index (χ2v) is 4.52. The fourth-order valence-electron chi connectivity index (χ4n) is 1.33. The van der Waals surface area contributed by atoms with Crippen molar-refractivity contribution < 1.29 is 4.74 Å². The highest BCUT2D eigenvalue weighted by Crippen LogP contribution is 2.13. The summed E-state index contributed by atoms with van der Waals surface area (Å²) in [5.74, 6) is 5.93. The molecule has 0 radical (unpaired) electrons. The van der Waals surface area contributed by atoms with Crippen LogP contribution >= 0.6 is 11.3 Å². The van der Waals surface area contributed by atoms with E-state index in [9.17, 15) is 0 Å². The van der Waals surface area contributed by atoms with Crippen LogP contribution in [0, 0.1) is 6.92 Å². The molecule has 0 amide bonds. The van der Waals surface area contributed by atoms with Gasteiger partial charge in [-0.2, -0.15) is 15.0 Å². The minimum absolute atomic E-state index is 0.225. The molecule has 0 unspecified atom stereocenters. The highest BCUT2D eigenvalue weighted by Gasteiger charge is 2.07. The van der Waals surface area contributed by atoms with Crippen molar-refractivity contribution in [3.8, 4) is 6.01 Å². The average molecular weight is 281 g/mol. The number of nitrogens with two attached hydrogens (primary N) is 1. The zero-order valence-corrected chi connectivity index (χ0v) is 11.5. The van der Waals surface area contributed by atoms with E-state index in [0.29, 0.717) is 19.1 Å². The zero-order valence-electron chi connectivity index (χ0n) is 10.7. The van der Waals surface area contributed by atoms with Gasteiger partial charge in [0.05, 0.1) is 13.2 Å². The van der Waals surface area contributed by atoms with Gasteiger partial charge in [-0.3, -0.25) is 5.43 Å². The van der Waals surface area contributed by atoms with Crippen LogP contribution in [0.5, 0.6) is 6.01 Å². The molecule has 2 aromatic rings. The number of aryl methyl sites for hydroxylation is 1. The summed E-state index contributed by atoms with van der Waals surface area (Å²) in [7, 11) is 0. The van der Waals surface area contributed by atoms with E-state index in [1.165, 1.54) is 0 Å². The topological polar surface area (TPSA) is 111 Å². The van der Waals surface area contributed by atoms with Crippen LogP contribution in [0.25, 0.3) is 0 Å². The lowest BCUT2D eigenvalue weighted by Crippen LogP contribution is -2.14. The Bertz CT molecular complexity index is 544. The average Bonchev–Trinajstić information content (AvgIpc) is 2.82. The molecule has 0 saturated carbocycles. The molecule has 0 saturated heterocycles. The molecule has 4 N–H and O–H groups in total. The molecule has 9 heteroatoms. The van der Waals surface area contributed by atoms with Gasteiger partial charge in [0.1, 0.15) is 5.01 Å². The fraction of sp³-hybridized carbons (Fsp3) is 0.400. The van der Waals surface area contributed by atoms with E-state index in [1.807, 2.05) is 19.2 Å². The summed E-state index contributed by atoms with van der Waals surface area (Å²) in [4.78, 5) is 16.5. The highest BCUT2D eigenvalue weighted by atomic mass is 32.1. The molecule has 2 aromatic heterocycles. The molecular formula is C10H15N7OS. The fourth-order valence-corrected chi connectivity index (χ4v) is 2.04. The minimum Gasteiger partial charge on any atom is -0.464 e. The number of anilines is 2. The van der Waals surface area contributed by atoms with E-state index in [4.69, 9.17) is 10.6 Å². The standard InChI is InChI=1S/C10H15N7OS/c1-3-18-10-15-8(14-9(16-10)17-11)12-4-7-13-6(2)5-19-7/h5H,3-4,11H2,1-2H3,(H2,12,14,15,16,17). The molecule has 0 atom stereocenters. The quantitative estimate of drug-likeness (QED) is 0.530. The smallest absolute Gasteiger partial charge is 0.323 e. The Labute approximate surface area is 114 Å². The summed E-state index contributed by atoms with van der Waals surface area (Å²) in [6.45, 7) is 4.81. The van der Waals surface area contributed by atoms with Crippen molar-refractivity contribution in [2.45, 2.75) is 20.4 Å². The summed E-state index contributed by atoms with van der Waals surface area (Å²) in [5, 5.41) is 6.00. The summed E-state index contributed by atoms with van der Waals surface area (Å²) in [5.41, 5.74) is 3.37. The predicted octanol–water partition coefficient (Wildman–Crippen LogP) is 0.933. The molecular weight excluding hydrogens is 266 g/mol. The van der Waals surface area contributed by atoms with Crippen LogP contribution < -0.4 is 21.3 Å². The van der Waals surface area contributed by atoms with Gasteiger partial charge in [0, 0.05) is 11.1 Å². The van der Waals surface area contributed by atoms with E-state index in [-0.39, 0.29) is 12.0 Å². The molecule has 0 aliphatic heterocycles. The second-order valence-electron chi connectivity index (χ2n) is 3.58. The lowest BCUT2D eigenvalue weighted by atomic mass is 10.6. The molecule has 0 spiro atoms. The van der Waals surface area contributed by atoms with Gasteiger partial charge in [0.2, 0.25) is 11.9 Å². The zero-order chi connectivity index (χ0) is 13.7. The van der Waals surface area contributed by atoms with E-state index in [0.717, 1.165) is 10.7 Å². The molecule has 0 aliphatic rings. The highest BCUT2D eigenvalue weighted by molar-refractivity contribution is 7.09. The maximum Gasteiger partial charge on any atom is 0.323 e. The van der Waals surface area contributed by atoms with Crippen molar-refractivity contribution in [1.82, 2.24) is 19.9 Å². The number of ether oxygens (including phenoxy) is 1. The van der Waals surface area contributed by atoms with E-state index in [2.05, 4.69) is 30.7 Å². The summed E-state index contributed by atoms with van der Waals surface area (Å²) in [6.07, 6.45) is 0. The summed E-state index contributed by atoms with van der Waals surface area (Å²) in [6, 6.07) is 0.225. The lowest BCUT2D eigenvalue weighted by Gasteiger charge is -2.07. The number of hydrogen-bond donors (Lipinski definition) is 3. The van der Waals surface area contributed by atoms with Crippen molar-refractivity contribution in [2.24, 2.45) is 5.84 Å². The Morgan fingerprint density at radius 3 is 2.68 bits per heavy atom. The third-order valence-corrected chi connectivity index (χ3v) is 3.05. The van der Waals surface area contributed by atoms with E-state index < -0.39 is 0 Å².